The summed E-state index contributed by atoms with van der Waals surface area (Å²) in [4.78, 5) is 3.54. The van der Waals surface area contributed by atoms with E-state index in [0.29, 0.717) is 0 Å². The standard InChI is InChI=1S/C16H30N2S2/c1-6-9-18(10-7-2)11-8-17-13-12(16(3,4)5)14(19)15(13)20/h15,17,20H,6-11H2,1-5H3. The van der Waals surface area contributed by atoms with Crippen molar-refractivity contribution in [3.05, 3.63) is 11.3 Å². The summed E-state index contributed by atoms with van der Waals surface area (Å²) in [6.07, 6.45) is 2.43. The van der Waals surface area contributed by atoms with E-state index >= 15 is 0 Å². The Morgan fingerprint density at radius 1 is 1.15 bits per heavy atom. The molecule has 0 aromatic carbocycles. The predicted octanol–water partition coefficient (Wildman–Crippen LogP) is 3.68. The predicted molar refractivity (Wildman–Crippen MR) is 96.9 cm³/mol. The third kappa shape index (κ3) is 4.47. The van der Waals surface area contributed by atoms with Gasteiger partial charge >= 0.3 is 0 Å². The fraction of sp³-hybridized carbons (Fsp3) is 0.812. The molecule has 0 saturated heterocycles. The van der Waals surface area contributed by atoms with E-state index in [0.717, 1.165) is 18.0 Å². The number of nitrogens with one attached hydrogen (secondary N) is 1. The molecule has 1 rings (SSSR count). The van der Waals surface area contributed by atoms with Crippen LogP contribution in [0.4, 0.5) is 0 Å². The summed E-state index contributed by atoms with van der Waals surface area (Å²) in [6, 6.07) is 0. The molecule has 0 amide bonds. The van der Waals surface area contributed by atoms with Gasteiger partial charge in [0.25, 0.3) is 0 Å². The molecule has 0 heterocycles. The molecule has 1 N–H and O–H groups in total. The van der Waals surface area contributed by atoms with Crippen LogP contribution in [0.3, 0.4) is 0 Å². The molecule has 0 aromatic heterocycles. The Kier molecular flexibility index (Phi) is 7.02. The molecular weight excluding hydrogens is 284 g/mol. The van der Waals surface area contributed by atoms with E-state index in [1.165, 1.54) is 37.2 Å². The zero-order chi connectivity index (χ0) is 15.3. The van der Waals surface area contributed by atoms with Gasteiger partial charge in [-0.15, -0.1) is 0 Å². The first-order valence-corrected chi connectivity index (χ1v) is 8.68. The van der Waals surface area contributed by atoms with Crippen LogP contribution < -0.4 is 5.32 Å². The Morgan fingerprint density at radius 2 is 1.70 bits per heavy atom. The molecule has 116 valence electrons. The second kappa shape index (κ2) is 7.81. The number of hydrogen-bond acceptors (Lipinski definition) is 4. The van der Waals surface area contributed by atoms with Crippen LogP contribution in [0.25, 0.3) is 0 Å². The second-order valence-corrected chi connectivity index (χ2v) is 7.53. The Hall–Kier alpha value is -0.0600. The minimum Gasteiger partial charge on any atom is -0.386 e. The molecule has 20 heavy (non-hydrogen) atoms. The molecule has 2 nitrogen and oxygen atoms in total. The Balaban J connectivity index is 2.56. The van der Waals surface area contributed by atoms with Crippen LogP contribution in [0.1, 0.15) is 47.5 Å². The lowest BCUT2D eigenvalue weighted by Gasteiger charge is -2.39. The van der Waals surface area contributed by atoms with Gasteiger partial charge in [0.15, 0.2) is 0 Å². The van der Waals surface area contributed by atoms with E-state index in [9.17, 15) is 0 Å². The van der Waals surface area contributed by atoms with E-state index in [1.54, 1.807) is 0 Å². The molecule has 0 bridgehead atoms. The zero-order valence-corrected chi connectivity index (χ0v) is 15.3. The lowest BCUT2D eigenvalue weighted by atomic mass is 9.75. The van der Waals surface area contributed by atoms with Crippen LogP contribution in [0.15, 0.2) is 11.3 Å². The van der Waals surface area contributed by atoms with Crippen LogP contribution in [0.2, 0.25) is 0 Å². The van der Waals surface area contributed by atoms with Crippen LogP contribution in [-0.4, -0.2) is 41.2 Å². The monoisotopic (exact) mass is 314 g/mol. The van der Waals surface area contributed by atoms with Gasteiger partial charge in [0.2, 0.25) is 0 Å². The van der Waals surface area contributed by atoms with Crippen LogP contribution in [-0.2, 0) is 0 Å². The average Bonchev–Trinajstić information content (AvgIpc) is 2.35. The number of hydrogen-bond donors (Lipinski definition) is 2. The molecule has 1 unspecified atom stereocenters. The number of rotatable bonds is 8. The van der Waals surface area contributed by atoms with E-state index in [-0.39, 0.29) is 10.7 Å². The summed E-state index contributed by atoms with van der Waals surface area (Å²) in [6.45, 7) is 15.6. The van der Waals surface area contributed by atoms with Crippen LogP contribution in [0, 0.1) is 5.41 Å². The summed E-state index contributed by atoms with van der Waals surface area (Å²) >= 11 is 10.1. The highest BCUT2D eigenvalue weighted by Crippen LogP contribution is 2.40. The second-order valence-electron chi connectivity index (χ2n) is 6.57. The van der Waals surface area contributed by atoms with Gasteiger partial charge in [-0.1, -0.05) is 46.8 Å². The quantitative estimate of drug-likeness (QED) is 0.525. The van der Waals surface area contributed by atoms with Crippen molar-refractivity contribution in [1.29, 1.82) is 0 Å². The van der Waals surface area contributed by atoms with Gasteiger partial charge in [-0.25, -0.2) is 0 Å². The van der Waals surface area contributed by atoms with Crippen molar-refractivity contribution in [1.82, 2.24) is 10.2 Å². The third-order valence-electron chi connectivity index (χ3n) is 3.61. The summed E-state index contributed by atoms with van der Waals surface area (Å²) < 4.78 is 0. The van der Waals surface area contributed by atoms with Crippen molar-refractivity contribution < 1.29 is 0 Å². The average molecular weight is 315 g/mol. The van der Waals surface area contributed by atoms with Gasteiger partial charge in [-0.3, -0.25) is 0 Å². The molecule has 4 heteroatoms. The molecule has 0 spiro atoms. The summed E-state index contributed by atoms with van der Waals surface area (Å²) in [7, 11) is 0. The molecular formula is C16H30N2S2. The van der Waals surface area contributed by atoms with Gasteiger partial charge in [0.1, 0.15) is 0 Å². The smallest absolute Gasteiger partial charge is 0.0772 e. The topological polar surface area (TPSA) is 15.3 Å². The Bertz CT molecular complexity index is 363. The van der Waals surface area contributed by atoms with Gasteiger partial charge in [0.05, 0.1) is 5.25 Å². The summed E-state index contributed by atoms with van der Waals surface area (Å²) in [5.74, 6) is 0. The van der Waals surface area contributed by atoms with Gasteiger partial charge in [0, 0.05) is 23.7 Å². The van der Waals surface area contributed by atoms with E-state index in [1.807, 2.05) is 0 Å². The molecule has 1 aliphatic rings. The normalized spacial score (nSPS) is 19.6. The fourth-order valence-electron chi connectivity index (χ4n) is 2.73. The summed E-state index contributed by atoms with van der Waals surface area (Å²) in [5, 5.41) is 3.71. The zero-order valence-electron chi connectivity index (χ0n) is 13.6. The van der Waals surface area contributed by atoms with Crippen molar-refractivity contribution in [2.24, 2.45) is 5.41 Å². The molecule has 0 radical (unpaired) electrons. The van der Waals surface area contributed by atoms with Crippen molar-refractivity contribution in [3.63, 3.8) is 0 Å². The number of nitrogens with zero attached hydrogens (tertiary/aromatic N) is 1. The number of thiocarbonyl (C=S) groups is 1. The van der Waals surface area contributed by atoms with Crippen LogP contribution >= 0.6 is 24.8 Å². The van der Waals surface area contributed by atoms with Crippen molar-refractivity contribution in [2.75, 3.05) is 26.2 Å². The SMILES string of the molecule is CCCN(CCC)CCNC1=C(C(C)(C)C)C(=S)C1S. The minimum absolute atomic E-state index is 0.116. The minimum atomic E-state index is 0.116. The Labute approximate surface area is 135 Å². The first kappa shape index (κ1) is 18.0. The Morgan fingerprint density at radius 3 is 2.15 bits per heavy atom. The lowest BCUT2D eigenvalue weighted by Crippen LogP contribution is -2.45. The molecule has 1 atom stereocenters. The fourth-order valence-corrected chi connectivity index (χ4v) is 3.62. The highest BCUT2D eigenvalue weighted by atomic mass is 32.1. The van der Waals surface area contributed by atoms with E-state index in [4.69, 9.17) is 12.2 Å². The van der Waals surface area contributed by atoms with Gasteiger partial charge < -0.3 is 10.2 Å². The molecule has 1 aliphatic carbocycles. The first-order valence-electron chi connectivity index (χ1n) is 7.76. The van der Waals surface area contributed by atoms with E-state index in [2.05, 4.69) is 57.5 Å². The van der Waals surface area contributed by atoms with Crippen molar-refractivity contribution >= 4 is 29.7 Å². The van der Waals surface area contributed by atoms with Crippen LogP contribution in [0.5, 0.6) is 0 Å². The lowest BCUT2D eigenvalue weighted by molar-refractivity contribution is 0.276. The maximum absolute atomic E-state index is 5.45. The molecule has 0 aliphatic heterocycles. The highest BCUT2D eigenvalue weighted by Gasteiger charge is 2.38. The number of allylic oxidation sites excluding steroid dienone is 1. The molecule has 0 saturated carbocycles. The van der Waals surface area contributed by atoms with Crippen molar-refractivity contribution in [3.8, 4) is 0 Å². The van der Waals surface area contributed by atoms with Gasteiger partial charge in [-0.2, -0.15) is 12.6 Å². The largest absolute Gasteiger partial charge is 0.386 e. The maximum atomic E-state index is 5.45. The van der Waals surface area contributed by atoms with Crippen molar-refractivity contribution in [2.45, 2.75) is 52.7 Å². The molecule has 0 aromatic rings. The maximum Gasteiger partial charge on any atom is 0.0772 e. The molecule has 0 fully saturated rings. The highest BCUT2D eigenvalue weighted by molar-refractivity contribution is 7.87. The number of thiol groups is 1. The van der Waals surface area contributed by atoms with E-state index < -0.39 is 0 Å². The van der Waals surface area contributed by atoms with Gasteiger partial charge in [-0.05, 0) is 36.9 Å². The summed E-state index contributed by atoms with van der Waals surface area (Å²) in [5.41, 5.74) is 2.66. The first-order chi connectivity index (χ1) is 9.32. The third-order valence-corrected chi connectivity index (χ3v) is 4.74.